The number of anilines is 1. The van der Waals surface area contributed by atoms with Gasteiger partial charge in [-0.3, -0.25) is 4.79 Å². The first-order valence-electron chi connectivity index (χ1n) is 12.5. The lowest BCUT2D eigenvalue weighted by Gasteiger charge is -2.30. The molecule has 2 N–H and O–H groups in total. The summed E-state index contributed by atoms with van der Waals surface area (Å²) in [7, 11) is 0. The van der Waals surface area contributed by atoms with Gasteiger partial charge in [0.05, 0.1) is 0 Å². The number of halogens is 1. The fraction of sp³-hybridized carbons (Fsp3) is 0.267. The molecule has 3 aromatic carbocycles. The first-order chi connectivity index (χ1) is 17.8. The second-order valence-corrected chi connectivity index (χ2v) is 9.57. The van der Waals surface area contributed by atoms with Crippen molar-refractivity contribution < 1.29 is 14.0 Å². The Morgan fingerprint density at radius 1 is 1.00 bits per heavy atom. The number of amides is 3. The number of aromatic amines is 1. The Balaban J connectivity index is 1.51. The van der Waals surface area contributed by atoms with Crippen molar-refractivity contribution >= 4 is 28.5 Å². The number of hydrogen-bond acceptors (Lipinski definition) is 2. The van der Waals surface area contributed by atoms with Crippen LogP contribution in [-0.4, -0.2) is 45.9 Å². The zero-order chi connectivity index (χ0) is 26.4. The minimum absolute atomic E-state index is 0.0651. The van der Waals surface area contributed by atoms with Gasteiger partial charge < -0.3 is 20.1 Å². The Morgan fingerprint density at radius 3 is 2.49 bits per heavy atom. The predicted molar refractivity (Wildman–Crippen MR) is 146 cm³/mol. The molecule has 4 rings (SSSR count). The highest BCUT2D eigenvalue weighted by molar-refractivity contribution is 5.92. The number of carbonyl (C=O) groups excluding carboxylic acids is 2. The second-order valence-electron chi connectivity index (χ2n) is 9.57. The normalized spacial score (nSPS) is 11.1. The third kappa shape index (κ3) is 6.76. The molecule has 0 radical (unpaired) electrons. The monoisotopic (exact) mass is 500 g/mol. The Bertz CT molecular complexity index is 1360. The standard InChI is InChI=1S/C30H33FN4O2/c1-21(2)35(30(37)33-26-8-6-7-22(3)17-26)20-29(36)34(19-23-11-13-25(31)14-12-23)16-15-24-18-32-28-10-5-4-9-27(24)28/h4-14,17-18,21,32H,15-16,19-20H2,1-3H3,(H,33,37). The zero-order valence-electron chi connectivity index (χ0n) is 21.5. The number of benzene rings is 3. The number of hydrogen-bond donors (Lipinski definition) is 2. The van der Waals surface area contributed by atoms with Crippen LogP contribution in [-0.2, 0) is 17.8 Å². The highest BCUT2D eigenvalue weighted by atomic mass is 19.1. The molecule has 0 saturated carbocycles. The van der Waals surface area contributed by atoms with Crippen molar-refractivity contribution in [3.8, 4) is 0 Å². The third-order valence-corrected chi connectivity index (χ3v) is 6.42. The molecule has 0 spiro atoms. The van der Waals surface area contributed by atoms with Gasteiger partial charge in [0.25, 0.3) is 0 Å². The molecular formula is C30H33FN4O2. The molecule has 4 aromatic rings. The number of H-pyrrole nitrogens is 1. The molecule has 0 bridgehead atoms. The fourth-order valence-corrected chi connectivity index (χ4v) is 4.35. The van der Waals surface area contributed by atoms with Crippen LogP contribution in [0.15, 0.2) is 79.0 Å². The first-order valence-corrected chi connectivity index (χ1v) is 12.5. The first kappa shape index (κ1) is 25.9. The molecule has 0 unspecified atom stereocenters. The van der Waals surface area contributed by atoms with Crippen LogP contribution in [0.1, 0.15) is 30.5 Å². The van der Waals surface area contributed by atoms with Gasteiger partial charge in [0.1, 0.15) is 12.4 Å². The number of carbonyl (C=O) groups is 2. The van der Waals surface area contributed by atoms with Gasteiger partial charge in [0, 0.05) is 41.9 Å². The zero-order valence-corrected chi connectivity index (χ0v) is 21.5. The van der Waals surface area contributed by atoms with Crippen LogP contribution in [0.2, 0.25) is 0 Å². The Kier molecular flexibility index (Phi) is 8.23. The lowest BCUT2D eigenvalue weighted by Crippen LogP contribution is -2.47. The van der Waals surface area contributed by atoms with Crippen molar-refractivity contribution in [2.75, 3.05) is 18.4 Å². The number of rotatable bonds is 9. The van der Waals surface area contributed by atoms with Crippen molar-refractivity contribution in [1.82, 2.24) is 14.8 Å². The SMILES string of the molecule is Cc1cccc(NC(=O)N(CC(=O)N(CCc2c[nH]c3ccccc23)Cc2ccc(F)cc2)C(C)C)c1. The average Bonchev–Trinajstić information content (AvgIpc) is 3.29. The van der Waals surface area contributed by atoms with Gasteiger partial charge >= 0.3 is 6.03 Å². The summed E-state index contributed by atoms with van der Waals surface area (Å²) in [5.41, 5.74) is 4.71. The van der Waals surface area contributed by atoms with E-state index < -0.39 is 0 Å². The number of para-hydroxylation sites is 1. The third-order valence-electron chi connectivity index (χ3n) is 6.42. The van der Waals surface area contributed by atoms with E-state index in [-0.39, 0.29) is 30.3 Å². The molecular weight excluding hydrogens is 467 g/mol. The summed E-state index contributed by atoms with van der Waals surface area (Å²) in [6.07, 6.45) is 2.62. The van der Waals surface area contributed by atoms with Gasteiger partial charge in [-0.1, -0.05) is 42.5 Å². The number of urea groups is 1. The number of nitrogens with one attached hydrogen (secondary N) is 2. The topological polar surface area (TPSA) is 68.4 Å². The van der Waals surface area contributed by atoms with Gasteiger partial charge in [-0.15, -0.1) is 0 Å². The van der Waals surface area contributed by atoms with Gasteiger partial charge in [-0.2, -0.15) is 0 Å². The van der Waals surface area contributed by atoms with E-state index in [1.807, 2.05) is 69.4 Å². The average molecular weight is 501 g/mol. The van der Waals surface area contributed by atoms with E-state index in [9.17, 15) is 14.0 Å². The van der Waals surface area contributed by atoms with Crippen molar-refractivity contribution in [3.63, 3.8) is 0 Å². The number of aryl methyl sites for hydroxylation is 1. The molecule has 6 nitrogen and oxygen atoms in total. The summed E-state index contributed by atoms with van der Waals surface area (Å²) in [6.45, 7) is 6.46. The van der Waals surface area contributed by atoms with Crippen LogP contribution in [0.4, 0.5) is 14.9 Å². The maximum Gasteiger partial charge on any atom is 0.322 e. The summed E-state index contributed by atoms with van der Waals surface area (Å²) in [6, 6.07) is 21.3. The molecule has 0 fully saturated rings. The van der Waals surface area contributed by atoms with Crippen LogP contribution >= 0.6 is 0 Å². The molecule has 0 aliphatic heterocycles. The Labute approximate surface area is 217 Å². The van der Waals surface area contributed by atoms with E-state index in [0.717, 1.165) is 27.6 Å². The summed E-state index contributed by atoms with van der Waals surface area (Å²) < 4.78 is 13.5. The smallest absolute Gasteiger partial charge is 0.322 e. The number of fused-ring (bicyclic) bond motifs is 1. The van der Waals surface area contributed by atoms with Gasteiger partial charge in [-0.25, -0.2) is 9.18 Å². The molecule has 0 saturated heterocycles. The maximum absolute atomic E-state index is 13.6. The fourth-order valence-electron chi connectivity index (χ4n) is 4.35. The summed E-state index contributed by atoms with van der Waals surface area (Å²) in [4.78, 5) is 33.3. The van der Waals surface area contributed by atoms with Crippen LogP contribution in [0.5, 0.6) is 0 Å². The Morgan fingerprint density at radius 2 is 1.76 bits per heavy atom. The molecule has 7 heteroatoms. The minimum atomic E-state index is -0.327. The largest absolute Gasteiger partial charge is 0.361 e. The van der Waals surface area contributed by atoms with Crippen molar-refractivity contribution in [2.24, 2.45) is 0 Å². The van der Waals surface area contributed by atoms with Gasteiger partial charge in [0.15, 0.2) is 0 Å². The minimum Gasteiger partial charge on any atom is -0.361 e. The highest BCUT2D eigenvalue weighted by Crippen LogP contribution is 2.19. The molecule has 0 aliphatic rings. The quantitative estimate of drug-likeness (QED) is 0.290. The van der Waals surface area contributed by atoms with E-state index in [1.165, 1.54) is 17.0 Å². The van der Waals surface area contributed by atoms with Crippen molar-refractivity contribution in [2.45, 2.75) is 39.8 Å². The summed E-state index contributed by atoms with van der Waals surface area (Å²) >= 11 is 0. The van der Waals surface area contributed by atoms with Crippen molar-refractivity contribution in [3.05, 3.63) is 102 Å². The highest BCUT2D eigenvalue weighted by Gasteiger charge is 2.24. The number of aromatic nitrogens is 1. The van der Waals surface area contributed by atoms with E-state index in [4.69, 9.17) is 0 Å². The summed E-state index contributed by atoms with van der Waals surface area (Å²) in [5, 5.41) is 4.03. The molecule has 1 heterocycles. The van der Waals surface area contributed by atoms with Crippen LogP contribution < -0.4 is 5.32 Å². The molecule has 0 aliphatic carbocycles. The molecule has 1 aromatic heterocycles. The van der Waals surface area contributed by atoms with Crippen LogP contribution in [0.25, 0.3) is 10.9 Å². The van der Waals surface area contributed by atoms with Crippen molar-refractivity contribution in [1.29, 1.82) is 0 Å². The van der Waals surface area contributed by atoms with E-state index in [0.29, 0.717) is 25.2 Å². The predicted octanol–water partition coefficient (Wildman–Crippen LogP) is 6.13. The molecule has 37 heavy (non-hydrogen) atoms. The lowest BCUT2D eigenvalue weighted by molar-refractivity contribution is -0.132. The van der Waals surface area contributed by atoms with Gasteiger partial charge in [-0.05, 0) is 74.2 Å². The van der Waals surface area contributed by atoms with E-state index >= 15 is 0 Å². The number of nitrogens with zero attached hydrogens (tertiary/aromatic N) is 2. The lowest BCUT2D eigenvalue weighted by atomic mass is 10.1. The molecule has 0 atom stereocenters. The van der Waals surface area contributed by atoms with Gasteiger partial charge in [0.2, 0.25) is 5.91 Å². The second kappa shape index (κ2) is 11.7. The molecule has 192 valence electrons. The summed E-state index contributed by atoms with van der Waals surface area (Å²) in [5.74, 6) is -0.489. The van der Waals surface area contributed by atoms with E-state index in [1.54, 1.807) is 17.0 Å². The van der Waals surface area contributed by atoms with Crippen LogP contribution in [0, 0.1) is 12.7 Å². The maximum atomic E-state index is 13.6. The molecule has 3 amide bonds. The van der Waals surface area contributed by atoms with Crippen LogP contribution in [0.3, 0.4) is 0 Å². The van der Waals surface area contributed by atoms with E-state index in [2.05, 4.69) is 16.4 Å². The Hall–Kier alpha value is -4.13.